The molecule has 1 heterocycles. The smallest absolute Gasteiger partial charge is 0.274 e. The SMILES string of the molecule is Cn1c(=O)/c(=C/c2ccc(C(N)=O)cc2)[nH]c(=O)/c1=C/c1cccc2ccccc12. The summed E-state index contributed by atoms with van der Waals surface area (Å²) in [5.41, 5.74) is 6.43. The number of fused-ring (bicyclic) bond motifs is 1. The van der Waals surface area contributed by atoms with Gasteiger partial charge in [0.1, 0.15) is 10.7 Å². The van der Waals surface area contributed by atoms with E-state index in [2.05, 4.69) is 4.98 Å². The van der Waals surface area contributed by atoms with Crippen molar-refractivity contribution in [3.63, 3.8) is 0 Å². The third-order valence-electron chi connectivity index (χ3n) is 5.00. The molecule has 148 valence electrons. The molecule has 0 aliphatic rings. The van der Waals surface area contributed by atoms with E-state index in [0.29, 0.717) is 11.1 Å². The van der Waals surface area contributed by atoms with Crippen LogP contribution in [0.1, 0.15) is 21.5 Å². The van der Waals surface area contributed by atoms with Crippen LogP contribution in [0.5, 0.6) is 0 Å². The second kappa shape index (κ2) is 7.67. The topological polar surface area (TPSA) is 97.9 Å². The number of hydrogen-bond acceptors (Lipinski definition) is 3. The lowest BCUT2D eigenvalue weighted by molar-refractivity contribution is 0.100. The van der Waals surface area contributed by atoms with E-state index in [1.54, 1.807) is 43.5 Å². The van der Waals surface area contributed by atoms with E-state index in [9.17, 15) is 14.4 Å². The summed E-state index contributed by atoms with van der Waals surface area (Å²) in [5, 5.41) is 2.47. The summed E-state index contributed by atoms with van der Waals surface area (Å²) in [5.74, 6) is -0.529. The second-order valence-corrected chi connectivity index (χ2v) is 6.96. The van der Waals surface area contributed by atoms with E-state index in [0.717, 1.165) is 16.3 Å². The minimum absolute atomic E-state index is 0.157. The van der Waals surface area contributed by atoms with Gasteiger partial charge in [0.2, 0.25) is 5.91 Å². The second-order valence-electron chi connectivity index (χ2n) is 6.96. The minimum Gasteiger partial charge on any atom is -0.366 e. The van der Waals surface area contributed by atoms with Crippen molar-refractivity contribution in [1.29, 1.82) is 0 Å². The molecule has 0 saturated heterocycles. The molecule has 0 aliphatic carbocycles. The van der Waals surface area contributed by atoms with E-state index in [1.165, 1.54) is 4.57 Å². The number of amides is 1. The molecule has 0 radical (unpaired) electrons. The molecular weight excluding hydrogens is 378 g/mol. The molecule has 6 heteroatoms. The number of hydrogen-bond donors (Lipinski definition) is 2. The summed E-state index contributed by atoms with van der Waals surface area (Å²) < 4.78 is 1.34. The number of H-pyrrole nitrogens is 1. The summed E-state index contributed by atoms with van der Waals surface area (Å²) in [6.45, 7) is 0. The Morgan fingerprint density at radius 2 is 1.63 bits per heavy atom. The van der Waals surface area contributed by atoms with E-state index >= 15 is 0 Å². The average Bonchev–Trinajstić information content (AvgIpc) is 2.75. The predicted octanol–water partition coefficient (Wildman–Crippen LogP) is 0.983. The molecule has 3 N–H and O–H groups in total. The van der Waals surface area contributed by atoms with Crippen molar-refractivity contribution in [2.45, 2.75) is 0 Å². The Balaban J connectivity index is 1.88. The first kappa shape index (κ1) is 19.1. The zero-order valence-electron chi connectivity index (χ0n) is 16.3. The van der Waals surface area contributed by atoms with Crippen molar-refractivity contribution in [2.24, 2.45) is 12.8 Å². The molecule has 0 fully saturated rings. The van der Waals surface area contributed by atoms with Crippen molar-refractivity contribution < 1.29 is 4.79 Å². The van der Waals surface area contributed by atoms with Crippen molar-refractivity contribution in [1.82, 2.24) is 9.55 Å². The summed E-state index contributed by atoms with van der Waals surface area (Å²) in [7, 11) is 1.57. The van der Waals surface area contributed by atoms with Gasteiger partial charge in [0.25, 0.3) is 11.1 Å². The van der Waals surface area contributed by atoms with Crippen LogP contribution in [-0.2, 0) is 7.05 Å². The van der Waals surface area contributed by atoms with Gasteiger partial charge >= 0.3 is 0 Å². The zero-order valence-corrected chi connectivity index (χ0v) is 16.3. The Hall–Kier alpha value is -4.19. The number of benzene rings is 3. The summed E-state index contributed by atoms with van der Waals surface area (Å²) in [6.07, 6.45) is 3.28. The average molecular weight is 397 g/mol. The third kappa shape index (κ3) is 3.58. The Morgan fingerprint density at radius 3 is 2.37 bits per heavy atom. The predicted molar refractivity (Wildman–Crippen MR) is 118 cm³/mol. The summed E-state index contributed by atoms with van der Waals surface area (Å²) >= 11 is 0. The van der Waals surface area contributed by atoms with Gasteiger partial charge in [-0.15, -0.1) is 0 Å². The Bertz CT molecular complexity index is 1510. The van der Waals surface area contributed by atoms with Gasteiger partial charge in [0.15, 0.2) is 0 Å². The lowest BCUT2D eigenvalue weighted by Gasteiger charge is -2.03. The Labute approximate surface area is 171 Å². The maximum Gasteiger partial charge on any atom is 0.274 e. The molecule has 4 rings (SSSR count). The van der Waals surface area contributed by atoms with Crippen LogP contribution in [0.4, 0.5) is 0 Å². The summed E-state index contributed by atoms with van der Waals surface area (Å²) in [6, 6.07) is 20.1. The van der Waals surface area contributed by atoms with Crippen molar-refractivity contribution >= 4 is 28.8 Å². The van der Waals surface area contributed by atoms with Gasteiger partial charge in [0.05, 0.1) is 0 Å². The molecule has 0 unspecified atom stereocenters. The quantitative estimate of drug-likeness (QED) is 0.539. The Kier molecular flexibility index (Phi) is 4.90. The third-order valence-corrected chi connectivity index (χ3v) is 5.00. The molecule has 0 aliphatic heterocycles. The van der Waals surface area contributed by atoms with Gasteiger partial charge < -0.3 is 15.3 Å². The largest absolute Gasteiger partial charge is 0.366 e. The highest BCUT2D eigenvalue weighted by atomic mass is 16.1. The molecule has 4 aromatic rings. The monoisotopic (exact) mass is 397 g/mol. The van der Waals surface area contributed by atoms with Crippen molar-refractivity contribution in [3.8, 4) is 0 Å². The number of nitrogens with one attached hydrogen (secondary N) is 1. The van der Waals surface area contributed by atoms with Gasteiger partial charge in [-0.1, -0.05) is 54.6 Å². The Morgan fingerprint density at radius 1 is 0.933 bits per heavy atom. The normalized spacial score (nSPS) is 12.4. The fourth-order valence-corrected chi connectivity index (χ4v) is 3.38. The molecule has 0 atom stereocenters. The zero-order chi connectivity index (χ0) is 21.3. The highest BCUT2D eigenvalue weighted by Crippen LogP contribution is 2.18. The lowest BCUT2D eigenvalue weighted by Crippen LogP contribution is -2.52. The number of aromatic nitrogens is 2. The molecule has 6 nitrogen and oxygen atoms in total. The van der Waals surface area contributed by atoms with E-state index in [1.807, 2.05) is 42.5 Å². The van der Waals surface area contributed by atoms with Crippen LogP contribution < -0.4 is 27.6 Å². The molecule has 1 aromatic heterocycles. The molecule has 0 spiro atoms. The number of nitrogens with two attached hydrogens (primary N) is 1. The van der Waals surface area contributed by atoms with Crippen molar-refractivity contribution in [3.05, 3.63) is 115 Å². The molecule has 1 amide bonds. The fraction of sp³-hybridized carbons (Fsp3) is 0.0417. The first-order valence-electron chi connectivity index (χ1n) is 9.34. The molecular formula is C24H19N3O3. The number of carbonyl (C=O) groups excluding carboxylic acids is 1. The minimum atomic E-state index is -0.529. The number of aromatic amines is 1. The molecule has 3 aromatic carbocycles. The molecule has 30 heavy (non-hydrogen) atoms. The summed E-state index contributed by atoms with van der Waals surface area (Å²) in [4.78, 5) is 39.5. The van der Waals surface area contributed by atoms with Gasteiger partial charge in [-0.05, 0) is 46.2 Å². The van der Waals surface area contributed by atoms with E-state index < -0.39 is 5.91 Å². The van der Waals surface area contributed by atoms with Crippen LogP contribution in [0.25, 0.3) is 22.9 Å². The maximum atomic E-state index is 12.8. The van der Waals surface area contributed by atoms with Crippen LogP contribution in [-0.4, -0.2) is 15.5 Å². The van der Waals surface area contributed by atoms with Gasteiger partial charge in [0, 0.05) is 12.6 Å². The first-order chi connectivity index (χ1) is 14.4. The van der Waals surface area contributed by atoms with Crippen molar-refractivity contribution in [2.75, 3.05) is 0 Å². The number of primary amides is 1. The van der Waals surface area contributed by atoms with E-state index in [-0.39, 0.29) is 21.8 Å². The number of carbonyl (C=O) groups is 1. The van der Waals surface area contributed by atoms with Crippen LogP contribution in [0.15, 0.2) is 76.3 Å². The fourth-order valence-electron chi connectivity index (χ4n) is 3.38. The standard InChI is InChI=1S/C24H19N3O3/c1-27-21(14-18-7-4-6-16-5-2-3-8-19(16)18)23(29)26-20(24(27)30)13-15-9-11-17(12-10-15)22(25)28/h2-14H,1H3,(H2,25,28)(H,26,29)/b20-13-,21-14-. The van der Waals surface area contributed by atoms with Crippen LogP contribution >= 0.6 is 0 Å². The maximum absolute atomic E-state index is 12.8. The van der Waals surface area contributed by atoms with E-state index in [4.69, 9.17) is 5.73 Å². The number of nitrogens with zero attached hydrogens (tertiary/aromatic N) is 1. The molecule has 0 bridgehead atoms. The van der Waals surface area contributed by atoms with Gasteiger partial charge in [-0.25, -0.2) is 0 Å². The highest BCUT2D eigenvalue weighted by Gasteiger charge is 2.04. The lowest BCUT2D eigenvalue weighted by atomic mass is 10.0. The van der Waals surface area contributed by atoms with Crippen LogP contribution in [0, 0.1) is 0 Å². The van der Waals surface area contributed by atoms with Gasteiger partial charge in [-0.2, -0.15) is 0 Å². The highest BCUT2D eigenvalue weighted by molar-refractivity contribution is 5.93. The first-order valence-corrected chi connectivity index (χ1v) is 9.34. The van der Waals surface area contributed by atoms with Crippen LogP contribution in [0.2, 0.25) is 0 Å². The number of rotatable bonds is 3. The van der Waals surface area contributed by atoms with Gasteiger partial charge in [-0.3, -0.25) is 14.4 Å². The van der Waals surface area contributed by atoms with Crippen LogP contribution in [0.3, 0.4) is 0 Å². The molecule has 0 saturated carbocycles.